The Hall–Kier alpha value is -0.130. The van der Waals surface area contributed by atoms with E-state index >= 15 is 0 Å². The van der Waals surface area contributed by atoms with E-state index in [0.29, 0.717) is 5.75 Å². The van der Waals surface area contributed by atoms with Crippen molar-refractivity contribution in [3.63, 3.8) is 0 Å². The predicted octanol–water partition coefficient (Wildman–Crippen LogP) is 0.741. The zero-order chi connectivity index (χ0) is 4.83. The highest BCUT2D eigenvalue weighted by Crippen LogP contribution is 1.91. The molecule has 0 saturated heterocycles. The van der Waals surface area contributed by atoms with E-state index in [-0.39, 0.29) is 5.94 Å². The van der Waals surface area contributed by atoms with Gasteiger partial charge in [0.1, 0.15) is 5.94 Å². The van der Waals surface area contributed by atoms with Gasteiger partial charge in [0.2, 0.25) is 0 Å². The number of rotatable bonds is 2. The van der Waals surface area contributed by atoms with Crippen molar-refractivity contribution in [2.45, 2.75) is 0 Å². The molecule has 0 amide bonds. The summed E-state index contributed by atoms with van der Waals surface area (Å²) in [6.07, 6.45) is 4.80. The van der Waals surface area contributed by atoms with Gasteiger partial charge in [0.15, 0.2) is 0 Å². The highest BCUT2D eigenvalue weighted by Gasteiger charge is 1.73. The first kappa shape index (κ1) is 5.87. The molecular weight excluding hydrogens is 96.1 g/mol. The number of thioether (sulfide) groups is 1. The molecule has 0 atom stereocenters. The van der Waals surface area contributed by atoms with E-state index in [0.717, 1.165) is 0 Å². The average molecular weight is 101 g/mol. The van der Waals surface area contributed by atoms with Gasteiger partial charge >= 0.3 is 0 Å². The van der Waals surface area contributed by atoms with Gasteiger partial charge < -0.3 is 0 Å². The van der Waals surface area contributed by atoms with Gasteiger partial charge in [-0.2, -0.15) is 0 Å². The molecule has 1 radical (unpaired) electrons. The normalized spacial score (nSPS) is 7.33. The minimum Gasteiger partial charge on any atom is -0.225 e. The molecule has 2 heteroatoms. The van der Waals surface area contributed by atoms with Crippen LogP contribution in [0, 0.1) is 12.3 Å². The highest BCUT2D eigenvalue weighted by atomic mass is 32.2. The quantitative estimate of drug-likeness (QED) is 0.285. The van der Waals surface area contributed by atoms with Crippen molar-refractivity contribution in [3.8, 4) is 12.3 Å². The third kappa shape index (κ3) is 3.87. The van der Waals surface area contributed by atoms with Gasteiger partial charge in [0.05, 0.1) is 5.75 Å². The maximum Gasteiger partial charge on any atom is 0.129 e. The molecule has 0 aliphatic carbocycles. The smallest absolute Gasteiger partial charge is 0.129 e. The van der Waals surface area contributed by atoms with Crippen molar-refractivity contribution < 1.29 is 5.11 Å². The number of hydrogen-bond acceptors (Lipinski definition) is 1. The summed E-state index contributed by atoms with van der Waals surface area (Å²) >= 11 is 1.22. The Labute approximate surface area is 41.8 Å². The lowest BCUT2D eigenvalue weighted by Crippen LogP contribution is -1.70. The molecule has 0 aliphatic heterocycles. The topological polar surface area (TPSA) is 19.9 Å². The van der Waals surface area contributed by atoms with E-state index in [1.807, 2.05) is 0 Å². The molecule has 1 nitrogen and oxygen atoms in total. The number of terminal acetylenes is 1. The van der Waals surface area contributed by atoms with E-state index in [2.05, 4.69) is 5.92 Å². The zero-order valence-corrected chi connectivity index (χ0v) is 4.12. The fourth-order valence-electron chi connectivity index (χ4n) is 0.101. The highest BCUT2D eigenvalue weighted by molar-refractivity contribution is 7.99. The summed E-state index contributed by atoms with van der Waals surface area (Å²) in [5.74, 6) is 2.76. The lowest BCUT2D eigenvalue weighted by atomic mass is 10.8. The van der Waals surface area contributed by atoms with Gasteiger partial charge in [-0.05, 0) is 0 Å². The molecule has 0 aromatic heterocycles. The van der Waals surface area contributed by atoms with Crippen LogP contribution in [0.4, 0.5) is 0 Å². The van der Waals surface area contributed by atoms with E-state index in [9.17, 15) is 5.11 Å². The van der Waals surface area contributed by atoms with Crippen LogP contribution in [0.5, 0.6) is 0 Å². The molecule has 0 bridgehead atoms. The van der Waals surface area contributed by atoms with E-state index in [4.69, 9.17) is 6.42 Å². The van der Waals surface area contributed by atoms with Gasteiger partial charge in [-0.15, -0.1) is 18.2 Å². The van der Waals surface area contributed by atoms with Crippen LogP contribution in [0.1, 0.15) is 0 Å². The van der Waals surface area contributed by atoms with Crippen LogP contribution >= 0.6 is 11.8 Å². The van der Waals surface area contributed by atoms with Crippen LogP contribution in [0.3, 0.4) is 0 Å². The Balaban J connectivity index is 2.54. The molecule has 33 valence electrons. The fourth-order valence-corrected chi connectivity index (χ4v) is 0.302. The molecule has 0 aliphatic rings. The Bertz CT molecular complexity index is 55.1. The van der Waals surface area contributed by atoms with Crippen LogP contribution in [-0.4, -0.2) is 11.7 Å². The second-order valence-corrected chi connectivity index (χ2v) is 1.60. The fraction of sp³-hybridized carbons (Fsp3) is 0.500. The Morgan fingerprint density at radius 1 is 1.83 bits per heavy atom. The Kier molecular flexibility index (Phi) is 4.76. The maximum absolute atomic E-state index is 9.56. The van der Waals surface area contributed by atoms with E-state index in [1.54, 1.807) is 0 Å². The van der Waals surface area contributed by atoms with Gasteiger partial charge in [-0.3, -0.25) is 0 Å². The van der Waals surface area contributed by atoms with Crippen LogP contribution in [0.25, 0.3) is 0 Å². The third-order valence-electron chi connectivity index (χ3n) is 0.269. The minimum absolute atomic E-state index is 0.121. The Morgan fingerprint density at radius 3 is 2.67 bits per heavy atom. The third-order valence-corrected chi connectivity index (χ3v) is 0.806. The second kappa shape index (κ2) is 4.87. The summed E-state index contributed by atoms with van der Waals surface area (Å²) < 4.78 is 0. The first-order valence-corrected chi connectivity index (χ1v) is 2.66. The number of hydrogen-bond donors (Lipinski definition) is 0. The molecule has 0 unspecified atom stereocenters. The molecule has 0 aromatic rings. The molecule has 0 N–H and O–H groups in total. The van der Waals surface area contributed by atoms with Gasteiger partial charge in [0.25, 0.3) is 0 Å². The van der Waals surface area contributed by atoms with E-state index < -0.39 is 0 Å². The molecule has 0 aromatic carbocycles. The first-order chi connectivity index (χ1) is 2.91. The molecule has 0 saturated carbocycles. The molecular formula is C4H5OS. The van der Waals surface area contributed by atoms with Gasteiger partial charge in [0, 0.05) is 0 Å². The summed E-state index contributed by atoms with van der Waals surface area (Å²) in [5.41, 5.74) is 0. The maximum atomic E-state index is 9.56. The lowest BCUT2D eigenvalue weighted by Gasteiger charge is -1.78. The van der Waals surface area contributed by atoms with Crippen LogP contribution in [0.15, 0.2) is 0 Å². The van der Waals surface area contributed by atoms with Crippen molar-refractivity contribution in [1.29, 1.82) is 0 Å². The van der Waals surface area contributed by atoms with Crippen LogP contribution in [0.2, 0.25) is 0 Å². The largest absolute Gasteiger partial charge is 0.225 e. The van der Waals surface area contributed by atoms with Crippen molar-refractivity contribution >= 4 is 11.8 Å². The average Bonchev–Trinajstić information content (AvgIpc) is 1.61. The van der Waals surface area contributed by atoms with Gasteiger partial charge in [-0.25, -0.2) is 5.11 Å². The zero-order valence-electron chi connectivity index (χ0n) is 3.31. The minimum atomic E-state index is -0.121. The molecule has 6 heavy (non-hydrogen) atoms. The van der Waals surface area contributed by atoms with Crippen molar-refractivity contribution in [2.75, 3.05) is 11.7 Å². The summed E-state index contributed by atoms with van der Waals surface area (Å²) in [7, 11) is 0. The van der Waals surface area contributed by atoms with Crippen LogP contribution in [-0.2, 0) is 5.11 Å². The monoisotopic (exact) mass is 101 g/mol. The lowest BCUT2D eigenvalue weighted by molar-refractivity contribution is 0.261. The Morgan fingerprint density at radius 2 is 2.50 bits per heavy atom. The summed E-state index contributed by atoms with van der Waals surface area (Å²) in [6.45, 7) is 0. The molecule has 0 fully saturated rings. The van der Waals surface area contributed by atoms with E-state index in [1.165, 1.54) is 11.8 Å². The summed E-state index contributed by atoms with van der Waals surface area (Å²) in [5, 5.41) is 9.56. The summed E-state index contributed by atoms with van der Waals surface area (Å²) in [4.78, 5) is 0. The second-order valence-electron chi connectivity index (χ2n) is 0.670. The standard InChI is InChI=1S/C4H5OS/c1-2-3-6-4-5/h1H,3-4H2. The van der Waals surface area contributed by atoms with Gasteiger partial charge in [-0.1, -0.05) is 5.92 Å². The SMILES string of the molecule is C#CCSC[O]. The molecule has 0 spiro atoms. The predicted molar refractivity (Wildman–Crippen MR) is 26.8 cm³/mol. The van der Waals surface area contributed by atoms with Crippen molar-refractivity contribution in [3.05, 3.63) is 0 Å². The van der Waals surface area contributed by atoms with Crippen LogP contribution < -0.4 is 0 Å². The first-order valence-electron chi connectivity index (χ1n) is 1.51. The van der Waals surface area contributed by atoms with Crippen molar-refractivity contribution in [1.82, 2.24) is 0 Å². The molecule has 0 heterocycles. The van der Waals surface area contributed by atoms with Crippen molar-refractivity contribution in [2.24, 2.45) is 0 Å². The molecule has 0 rings (SSSR count). The summed E-state index contributed by atoms with van der Waals surface area (Å²) in [6, 6.07) is 0.